The molecule has 0 atom stereocenters. The van der Waals surface area contributed by atoms with Crippen LogP contribution in [0.3, 0.4) is 0 Å². The van der Waals surface area contributed by atoms with E-state index in [1.807, 2.05) is 35.9 Å². The molecule has 0 aliphatic heterocycles. The number of nitrogens with zero attached hydrogens (tertiary/aromatic N) is 2. The van der Waals surface area contributed by atoms with Crippen molar-refractivity contribution in [1.82, 2.24) is 9.55 Å². The third-order valence-electron chi connectivity index (χ3n) is 3.25. The minimum atomic E-state index is -2.49. The number of benzene rings is 1. The van der Waals surface area contributed by atoms with Crippen LogP contribution in [-0.4, -0.2) is 9.55 Å². The van der Waals surface area contributed by atoms with E-state index in [9.17, 15) is 8.78 Å². The van der Waals surface area contributed by atoms with Gasteiger partial charge in [-0.1, -0.05) is 18.2 Å². The molecule has 0 saturated carbocycles. The Bertz CT molecular complexity index is 744. The number of fused-ring (bicyclic) bond motifs is 3. The number of pyridine rings is 1. The highest BCUT2D eigenvalue weighted by Gasteiger charge is 2.18. The molecule has 0 spiro atoms. The number of hydrogen-bond donors (Lipinski definition) is 0. The maximum atomic E-state index is 13.2. The normalized spacial score (nSPS) is 11.8. The maximum Gasteiger partial charge on any atom is 0.264 e. The summed E-state index contributed by atoms with van der Waals surface area (Å²) in [4.78, 5) is 4.39. The van der Waals surface area contributed by atoms with E-state index in [2.05, 4.69) is 4.98 Å². The van der Waals surface area contributed by atoms with Gasteiger partial charge in [0, 0.05) is 29.1 Å². The summed E-state index contributed by atoms with van der Waals surface area (Å²) in [7, 11) is 1.85. The molecule has 0 radical (unpaired) electrons. The fraction of sp³-hybridized carbons (Fsp3) is 0.214. The number of rotatable bonds is 1. The lowest BCUT2D eigenvalue weighted by Gasteiger charge is -2.04. The first-order valence-electron chi connectivity index (χ1n) is 5.72. The Labute approximate surface area is 103 Å². The predicted molar refractivity (Wildman–Crippen MR) is 67.9 cm³/mol. The average molecular weight is 246 g/mol. The van der Waals surface area contributed by atoms with Crippen molar-refractivity contribution < 1.29 is 8.78 Å². The van der Waals surface area contributed by atoms with E-state index in [4.69, 9.17) is 0 Å². The minimum Gasteiger partial charge on any atom is -0.328 e. The van der Waals surface area contributed by atoms with Gasteiger partial charge in [0.1, 0.15) is 5.65 Å². The fourth-order valence-corrected chi connectivity index (χ4v) is 2.46. The molecule has 3 rings (SSSR count). The molecule has 0 fully saturated rings. The van der Waals surface area contributed by atoms with Crippen LogP contribution < -0.4 is 0 Å². The first-order valence-corrected chi connectivity index (χ1v) is 5.72. The number of hydrogen-bond acceptors (Lipinski definition) is 1. The van der Waals surface area contributed by atoms with Crippen LogP contribution in [0.2, 0.25) is 0 Å². The lowest BCUT2D eigenvalue weighted by Crippen LogP contribution is -1.94. The van der Waals surface area contributed by atoms with Gasteiger partial charge in [-0.05, 0) is 19.1 Å². The largest absolute Gasteiger partial charge is 0.328 e. The molecule has 0 bridgehead atoms. The second-order valence-electron chi connectivity index (χ2n) is 4.43. The molecule has 2 nitrogen and oxygen atoms in total. The Balaban J connectivity index is 2.60. The molecule has 0 N–H and O–H groups in total. The molecule has 0 saturated heterocycles. The van der Waals surface area contributed by atoms with Gasteiger partial charge in [0.25, 0.3) is 6.43 Å². The van der Waals surface area contributed by atoms with E-state index in [0.29, 0.717) is 16.7 Å². The molecule has 4 heteroatoms. The Morgan fingerprint density at radius 3 is 2.67 bits per heavy atom. The van der Waals surface area contributed by atoms with Crippen LogP contribution in [0, 0.1) is 6.92 Å². The van der Waals surface area contributed by atoms with Crippen molar-refractivity contribution in [2.45, 2.75) is 13.3 Å². The van der Waals surface area contributed by atoms with Gasteiger partial charge >= 0.3 is 0 Å². The van der Waals surface area contributed by atoms with E-state index in [1.165, 1.54) is 6.07 Å². The first-order chi connectivity index (χ1) is 8.59. The van der Waals surface area contributed by atoms with Crippen LogP contribution >= 0.6 is 0 Å². The molecule has 3 aromatic rings. The van der Waals surface area contributed by atoms with Gasteiger partial charge < -0.3 is 4.57 Å². The summed E-state index contributed by atoms with van der Waals surface area (Å²) in [6.45, 7) is 1.74. The molecule has 92 valence electrons. The summed E-state index contributed by atoms with van der Waals surface area (Å²) >= 11 is 0. The lowest BCUT2D eigenvalue weighted by atomic mass is 10.1. The number of alkyl halides is 2. The topological polar surface area (TPSA) is 17.8 Å². The summed E-state index contributed by atoms with van der Waals surface area (Å²) in [5.74, 6) is 0. The van der Waals surface area contributed by atoms with Crippen molar-refractivity contribution in [1.29, 1.82) is 0 Å². The zero-order valence-electron chi connectivity index (χ0n) is 10.1. The number of aryl methyl sites for hydroxylation is 2. The molecule has 0 amide bonds. The highest BCUT2D eigenvalue weighted by Crippen LogP contribution is 2.34. The van der Waals surface area contributed by atoms with E-state index in [0.717, 1.165) is 10.9 Å². The summed E-state index contributed by atoms with van der Waals surface area (Å²) in [5, 5.41) is 1.39. The average Bonchev–Trinajstić information content (AvgIpc) is 2.63. The number of para-hydroxylation sites is 1. The second kappa shape index (κ2) is 3.77. The molecule has 0 unspecified atom stereocenters. The molecule has 0 aliphatic rings. The molecule has 2 aromatic heterocycles. The van der Waals surface area contributed by atoms with Gasteiger partial charge in [0.05, 0.1) is 5.52 Å². The van der Waals surface area contributed by atoms with Gasteiger partial charge in [0.2, 0.25) is 0 Å². The van der Waals surface area contributed by atoms with Gasteiger partial charge in [-0.25, -0.2) is 13.8 Å². The quantitative estimate of drug-likeness (QED) is 0.635. The summed E-state index contributed by atoms with van der Waals surface area (Å²) in [6.07, 6.45) is -2.49. The lowest BCUT2D eigenvalue weighted by molar-refractivity contribution is 0.153. The Morgan fingerprint density at radius 1 is 1.22 bits per heavy atom. The third kappa shape index (κ3) is 1.41. The van der Waals surface area contributed by atoms with Crippen LogP contribution in [0.5, 0.6) is 0 Å². The fourth-order valence-electron chi connectivity index (χ4n) is 2.46. The minimum absolute atomic E-state index is 0.0642. The van der Waals surface area contributed by atoms with Gasteiger partial charge in [-0.2, -0.15) is 0 Å². The molecular weight excluding hydrogens is 234 g/mol. The standard InChI is InChI=1S/C14H12F2N2/c1-8-7-10(13(15)16)12-9-5-3-4-6-11(9)18(2)14(12)17-8/h3-7,13H,1-2H3. The zero-order valence-corrected chi connectivity index (χ0v) is 10.1. The molecular formula is C14H12F2N2. The summed E-state index contributed by atoms with van der Waals surface area (Å²) in [5.41, 5.74) is 2.22. The van der Waals surface area contributed by atoms with E-state index in [1.54, 1.807) is 6.92 Å². The maximum absolute atomic E-state index is 13.2. The first kappa shape index (κ1) is 11.1. The van der Waals surface area contributed by atoms with Crippen LogP contribution in [-0.2, 0) is 7.05 Å². The van der Waals surface area contributed by atoms with E-state index >= 15 is 0 Å². The van der Waals surface area contributed by atoms with Crippen molar-refractivity contribution in [3.63, 3.8) is 0 Å². The molecule has 18 heavy (non-hydrogen) atoms. The third-order valence-corrected chi connectivity index (χ3v) is 3.25. The van der Waals surface area contributed by atoms with Crippen molar-refractivity contribution in [3.05, 3.63) is 41.6 Å². The van der Waals surface area contributed by atoms with Crippen molar-refractivity contribution >= 4 is 21.9 Å². The van der Waals surface area contributed by atoms with Crippen LogP contribution in [0.25, 0.3) is 21.9 Å². The van der Waals surface area contributed by atoms with Crippen molar-refractivity contribution in [2.75, 3.05) is 0 Å². The van der Waals surface area contributed by atoms with Crippen LogP contribution in [0.1, 0.15) is 17.7 Å². The summed E-state index contributed by atoms with van der Waals surface area (Å²) < 4.78 is 28.2. The molecule has 0 aliphatic carbocycles. The van der Waals surface area contributed by atoms with Gasteiger partial charge in [-0.3, -0.25) is 0 Å². The van der Waals surface area contributed by atoms with Gasteiger partial charge in [0.15, 0.2) is 0 Å². The highest BCUT2D eigenvalue weighted by atomic mass is 19.3. The van der Waals surface area contributed by atoms with Crippen LogP contribution in [0.15, 0.2) is 30.3 Å². The second-order valence-corrected chi connectivity index (χ2v) is 4.43. The number of aromatic nitrogens is 2. The Kier molecular flexibility index (Phi) is 2.33. The summed E-state index contributed by atoms with van der Waals surface area (Å²) in [6, 6.07) is 9.01. The van der Waals surface area contributed by atoms with Crippen molar-refractivity contribution in [3.8, 4) is 0 Å². The predicted octanol–water partition coefficient (Wildman–Crippen LogP) is 3.97. The van der Waals surface area contributed by atoms with E-state index in [-0.39, 0.29) is 5.56 Å². The number of halogens is 2. The van der Waals surface area contributed by atoms with Gasteiger partial charge in [-0.15, -0.1) is 0 Å². The van der Waals surface area contributed by atoms with Crippen molar-refractivity contribution in [2.24, 2.45) is 7.05 Å². The van der Waals surface area contributed by atoms with E-state index < -0.39 is 6.43 Å². The smallest absolute Gasteiger partial charge is 0.264 e. The monoisotopic (exact) mass is 246 g/mol. The Hall–Kier alpha value is -1.97. The SMILES string of the molecule is Cc1cc(C(F)F)c2c3ccccc3n(C)c2n1. The zero-order chi connectivity index (χ0) is 12.9. The highest BCUT2D eigenvalue weighted by molar-refractivity contribution is 6.08. The van der Waals surface area contributed by atoms with Crippen LogP contribution in [0.4, 0.5) is 8.78 Å². The Morgan fingerprint density at radius 2 is 1.94 bits per heavy atom. The molecule has 2 heterocycles. The molecule has 1 aromatic carbocycles.